The third-order valence-corrected chi connectivity index (χ3v) is 6.38. The summed E-state index contributed by atoms with van der Waals surface area (Å²) in [6, 6.07) is 8.25. The third-order valence-electron chi connectivity index (χ3n) is 2.01. The van der Waals surface area contributed by atoms with E-state index in [0.717, 1.165) is 0 Å². The molecule has 0 aliphatic carbocycles. The third kappa shape index (κ3) is 1.74. The average Bonchev–Trinajstić information content (AvgIpc) is 2.17. The van der Waals surface area contributed by atoms with Gasteiger partial charge in [-0.3, -0.25) is 0 Å². The Balaban J connectivity index is 3.35. The molecule has 0 fully saturated rings. The van der Waals surface area contributed by atoms with E-state index in [2.05, 4.69) is 0 Å². The van der Waals surface area contributed by atoms with Gasteiger partial charge in [-0.15, -0.1) is 0 Å². The summed E-state index contributed by atoms with van der Waals surface area (Å²) in [6.45, 7) is 2.43. The van der Waals surface area contributed by atoms with Crippen LogP contribution in [0, 0.1) is 0 Å². The molecule has 0 aromatic heterocycles. The molecule has 0 aliphatic heterocycles. The molecule has 0 saturated heterocycles. The van der Waals surface area contributed by atoms with E-state index < -0.39 is 23.0 Å². The van der Waals surface area contributed by atoms with Crippen LogP contribution in [0.15, 0.2) is 30.3 Å². The van der Waals surface area contributed by atoms with Crippen molar-refractivity contribution in [2.45, 2.75) is 13.8 Å². The topological polar surface area (TPSA) is 51.2 Å². The summed E-state index contributed by atoms with van der Waals surface area (Å²) in [4.78, 5) is 22.5. The van der Waals surface area contributed by atoms with Gasteiger partial charge in [0.05, 0.1) is 0 Å². The summed E-state index contributed by atoms with van der Waals surface area (Å²) < 4.78 is 11.6. The zero-order valence-electron chi connectivity index (χ0n) is 8.06. The van der Waals surface area contributed by atoms with Gasteiger partial charge in [0, 0.05) is 0 Å². The molecule has 0 heterocycles. The zero-order chi connectivity index (χ0) is 10.8. The van der Waals surface area contributed by atoms with Gasteiger partial charge in [0.15, 0.2) is 0 Å². The van der Waals surface area contributed by atoms with Crippen molar-refractivity contribution in [2.24, 2.45) is 0 Å². The van der Waals surface area contributed by atoms with Crippen molar-refractivity contribution in [3.8, 4) is 0 Å². The van der Waals surface area contributed by atoms with Crippen molar-refractivity contribution in [3.63, 3.8) is 0 Å². The first-order valence-corrected chi connectivity index (χ1v) is 6.84. The second kappa shape index (κ2) is 3.99. The molecule has 4 heteroatoms. The van der Waals surface area contributed by atoms with Gasteiger partial charge in [-0.05, 0) is 0 Å². The summed E-state index contributed by atoms with van der Waals surface area (Å²) in [6.07, 6.45) is 0. The van der Waals surface area contributed by atoms with Crippen LogP contribution in [0.5, 0.6) is 0 Å². The van der Waals surface area contributed by atoms with Gasteiger partial charge in [-0.25, -0.2) is 0 Å². The number of rotatable bonds is 3. The zero-order valence-corrected chi connectivity index (χ0v) is 9.46. The molecule has 74 valence electrons. The molecule has 0 atom stereocenters. The maximum atomic E-state index is 12.2. The first-order chi connectivity index (χ1) is 6.49. The molecule has 14 heavy (non-hydrogen) atoms. The Hall–Kier alpha value is -1.06. The van der Waals surface area contributed by atoms with Crippen LogP contribution in [-0.2, 0) is 27.2 Å². The molecule has 0 N–H and O–H groups in total. The Morgan fingerprint density at radius 2 is 1.43 bits per heavy atom. The van der Waals surface area contributed by atoms with E-state index in [9.17, 15) is 13.3 Å². The Bertz CT molecular complexity index is 391. The molecule has 3 nitrogen and oxygen atoms in total. The van der Waals surface area contributed by atoms with Crippen molar-refractivity contribution < 1.29 is 27.2 Å². The summed E-state index contributed by atoms with van der Waals surface area (Å²) in [5, 5.41) is 0. The van der Waals surface area contributed by atoms with Crippen LogP contribution in [0.25, 0.3) is 0 Å². The molecule has 0 saturated carbocycles. The maximum absolute atomic E-state index is 12.2. The number of hydrogen-bond acceptors (Lipinski definition) is 3. The fraction of sp³-hybridized carbons (Fsp3) is 0.200. The van der Waals surface area contributed by atoms with Gasteiger partial charge < -0.3 is 0 Å². The van der Waals surface area contributed by atoms with Crippen LogP contribution in [0.4, 0.5) is 0 Å². The van der Waals surface area contributed by atoms with E-state index >= 15 is 0 Å². The van der Waals surface area contributed by atoms with E-state index in [1.54, 1.807) is 30.3 Å². The fourth-order valence-electron chi connectivity index (χ4n) is 1.22. The van der Waals surface area contributed by atoms with E-state index in [0.29, 0.717) is 4.28 Å². The molecule has 1 aromatic carbocycles. The fourth-order valence-corrected chi connectivity index (χ4v) is 3.98. The molecule has 0 unspecified atom stereocenters. The van der Waals surface area contributed by atoms with Crippen molar-refractivity contribution in [1.29, 1.82) is 0 Å². The van der Waals surface area contributed by atoms with Gasteiger partial charge in [0.1, 0.15) is 0 Å². The monoisotopic (exact) mass is 230 g/mol. The molecule has 0 spiro atoms. The van der Waals surface area contributed by atoms with Crippen LogP contribution in [0.1, 0.15) is 13.8 Å². The van der Waals surface area contributed by atoms with Crippen LogP contribution in [-0.4, -0.2) is 8.99 Å². The van der Waals surface area contributed by atoms with Crippen LogP contribution < -0.4 is 4.28 Å². The predicted octanol–water partition coefficient (Wildman–Crippen LogP) is 0.904. The summed E-state index contributed by atoms with van der Waals surface area (Å²) in [5.41, 5.74) is 0. The van der Waals surface area contributed by atoms with Crippen molar-refractivity contribution in [3.05, 3.63) is 30.3 Å². The van der Waals surface area contributed by atoms with E-state index in [-0.39, 0.29) is 0 Å². The van der Waals surface area contributed by atoms with Gasteiger partial charge in [-0.1, -0.05) is 0 Å². The second-order valence-corrected chi connectivity index (χ2v) is 7.66. The van der Waals surface area contributed by atoms with E-state index in [1.165, 1.54) is 13.8 Å². The van der Waals surface area contributed by atoms with Gasteiger partial charge in [-0.2, -0.15) is 0 Å². The number of carbonyl (C=O) groups excluding carboxylic acids is 2. The summed E-state index contributed by atoms with van der Waals surface area (Å²) in [7, 11) is 0. The first-order valence-electron chi connectivity index (χ1n) is 4.17. The van der Waals surface area contributed by atoms with Gasteiger partial charge in [0.25, 0.3) is 0 Å². The molecule has 1 aromatic rings. The van der Waals surface area contributed by atoms with Crippen molar-refractivity contribution in [1.82, 2.24) is 0 Å². The molecule has 0 aliphatic rings. The standard InChI is InChI=1S/C6H5.2C2H3O.O.V/c1-2-4-6-5-3-1;2*1-2-3;;/h1-5H;2*1H3;;. The second-order valence-electron chi connectivity index (χ2n) is 2.98. The van der Waals surface area contributed by atoms with Crippen LogP contribution in [0.3, 0.4) is 0 Å². The molecular formula is C10H11O3V. The quantitative estimate of drug-likeness (QED) is 0.775. The van der Waals surface area contributed by atoms with Crippen LogP contribution >= 0.6 is 0 Å². The Kier molecular flexibility index (Phi) is 3.14. The van der Waals surface area contributed by atoms with Gasteiger partial charge >= 0.3 is 84.7 Å². The van der Waals surface area contributed by atoms with Crippen molar-refractivity contribution >= 4 is 13.3 Å². The molecular weight excluding hydrogens is 219 g/mol. The predicted molar refractivity (Wildman–Crippen MR) is 48.1 cm³/mol. The van der Waals surface area contributed by atoms with E-state index in [4.69, 9.17) is 0 Å². The molecule has 0 amide bonds. The Morgan fingerprint density at radius 3 is 1.79 bits per heavy atom. The van der Waals surface area contributed by atoms with E-state index in [1.807, 2.05) is 0 Å². The number of benzene rings is 1. The molecule has 0 bridgehead atoms. The summed E-state index contributed by atoms with van der Waals surface area (Å²) >= 11 is -4.18. The summed E-state index contributed by atoms with van der Waals surface area (Å²) in [5.74, 6) is 0. The van der Waals surface area contributed by atoms with Crippen LogP contribution in [0.2, 0.25) is 0 Å². The minimum absolute atomic E-state index is 0.380. The van der Waals surface area contributed by atoms with Crippen molar-refractivity contribution in [2.75, 3.05) is 0 Å². The first kappa shape index (κ1) is 11.0. The van der Waals surface area contributed by atoms with Gasteiger partial charge in [0.2, 0.25) is 0 Å². The number of carbonyl (C=O) groups is 2. The Morgan fingerprint density at radius 1 is 1.00 bits per heavy atom. The Labute approximate surface area is 85.0 Å². The SMILES string of the molecule is C[C](=O)[V](=[O])([C](C)=O)[c]1ccccc1. The molecule has 1 rings (SSSR count). The number of hydrogen-bond donors (Lipinski definition) is 0. The average molecular weight is 230 g/mol. The minimum atomic E-state index is -4.18. The molecule has 0 radical (unpaired) electrons. The normalized spacial score (nSPS) is 11.0.